The van der Waals surface area contributed by atoms with Crippen molar-refractivity contribution in [2.75, 3.05) is 0 Å². The summed E-state index contributed by atoms with van der Waals surface area (Å²) < 4.78 is 5.05. The fraction of sp³-hybridized carbons (Fsp3) is 0.786. The van der Waals surface area contributed by atoms with Gasteiger partial charge in [-0.15, -0.1) is 0 Å². The summed E-state index contributed by atoms with van der Waals surface area (Å²) in [6.07, 6.45) is 1.57. The highest BCUT2D eigenvalue weighted by Gasteiger charge is 2.27. The molecule has 0 radical (unpaired) electrons. The average Bonchev–Trinajstić information content (AvgIpc) is 2.92. The van der Waals surface area contributed by atoms with Crippen molar-refractivity contribution in [1.29, 1.82) is 0 Å². The van der Waals surface area contributed by atoms with Crippen molar-refractivity contribution in [1.82, 2.24) is 5.32 Å². The number of rotatable bonds is 4. The maximum Gasteiger partial charge on any atom is 0.408 e. The zero-order valence-corrected chi connectivity index (χ0v) is 13.5. The van der Waals surface area contributed by atoms with Crippen LogP contribution in [0.3, 0.4) is 0 Å². The smallest absolute Gasteiger partial charge is 0.408 e. The minimum Gasteiger partial charge on any atom is -0.444 e. The Bertz CT molecular complexity index is 396. The molecule has 0 aromatic rings. The van der Waals surface area contributed by atoms with E-state index in [0.29, 0.717) is 0 Å². The molecule has 0 unspecified atom stereocenters. The van der Waals surface area contributed by atoms with Gasteiger partial charge in [0.1, 0.15) is 5.60 Å². The topological polar surface area (TPSA) is 125 Å². The lowest BCUT2D eigenvalue weighted by Gasteiger charge is -2.27. The minimum atomic E-state index is -0.686. The van der Waals surface area contributed by atoms with E-state index in [1.165, 1.54) is 0 Å². The summed E-state index contributed by atoms with van der Waals surface area (Å²) in [6.45, 7) is 8.73. The molecular formula is C14H27N3O4. The molecule has 1 saturated carbocycles. The van der Waals surface area contributed by atoms with E-state index < -0.39 is 23.1 Å². The van der Waals surface area contributed by atoms with Crippen molar-refractivity contribution in [2.45, 2.75) is 65.0 Å². The lowest BCUT2D eigenvalue weighted by Crippen LogP contribution is -2.47. The first-order valence-corrected chi connectivity index (χ1v) is 6.91. The van der Waals surface area contributed by atoms with E-state index in [2.05, 4.69) is 5.32 Å². The van der Waals surface area contributed by atoms with Crippen molar-refractivity contribution in [3.63, 3.8) is 0 Å². The second-order valence-electron chi connectivity index (χ2n) is 6.83. The summed E-state index contributed by atoms with van der Waals surface area (Å²) in [4.78, 5) is 32.1. The molecule has 7 nitrogen and oxygen atoms in total. The zero-order valence-electron chi connectivity index (χ0n) is 13.5. The van der Waals surface area contributed by atoms with Crippen LogP contribution in [0.2, 0.25) is 0 Å². The highest BCUT2D eigenvalue weighted by molar-refractivity contribution is 5.78. The van der Waals surface area contributed by atoms with Gasteiger partial charge in [-0.1, -0.05) is 0 Å². The maximum atomic E-state index is 11.4. The van der Waals surface area contributed by atoms with Crippen LogP contribution < -0.4 is 16.8 Å². The lowest BCUT2D eigenvalue weighted by atomic mass is 10.0. The number of amides is 3. The van der Waals surface area contributed by atoms with Crippen molar-refractivity contribution in [3.05, 3.63) is 0 Å². The second-order valence-corrected chi connectivity index (χ2v) is 6.83. The third-order valence-electron chi connectivity index (χ3n) is 2.44. The van der Waals surface area contributed by atoms with Crippen LogP contribution in [0.4, 0.5) is 4.79 Å². The molecular weight excluding hydrogens is 274 g/mol. The lowest BCUT2D eigenvalue weighted by molar-refractivity contribution is -0.120. The minimum absolute atomic E-state index is 0.0756. The summed E-state index contributed by atoms with van der Waals surface area (Å²) in [7, 11) is 0. The fourth-order valence-corrected chi connectivity index (χ4v) is 1.43. The summed E-state index contributed by atoms with van der Waals surface area (Å²) in [5.74, 6) is -0.351. The third kappa shape index (κ3) is 11.7. The molecule has 1 rings (SSSR count). The Hall–Kier alpha value is -1.79. The van der Waals surface area contributed by atoms with Crippen molar-refractivity contribution in [3.8, 4) is 0 Å². The number of nitrogens with two attached hydrogens (primary N) is 2. The first-order chi connectivity index (χ1) is 9.32. The Morgan fingerprint density at radius 3 is 1.81 bits per heavy atom. The molecule has 1 aliphatic rings. The van der Waals surface area contributed by atoms with E-state index in [1.54, 1.807) is 34.6 Å². The van der Waals surface area contributed by atoms with Gasteiger partial charge < -0.3 is 21.5 Å². The van der Waals surface area contributed by atoms with Gasteiger partial charge in [-0.2, -0.15) is 0 Å². The number of primary amides is 2. The molecule has 3 amide bonds. The molecule has 0 spiro atoms. The van der Waals surface area contributed by atoms with Crippen LogP contribution in [0, 0.1) is 5.92 Å². The summed E-state index contributed by atoms with van der Waals surface area (Å²) in [6, 6.07) is 0. The van der Waals surface area contributed by atoms with E-state index in [-0.39, 0.29) is 18.2 Å². The molecule has 0 atom stereocenters. The Balaban J connectivity index is 0.000000547. The van der Waals surface area contributed by atoms with E-state index in [0.717, 1.165) is 12.8 Å². The van der Waals surface area contributed by atoms with Gasteiger partial charge in [0.05, 0.1) is 0 Å². The molecule has 1 fully saturated rings. The van der Waals surface area contributed by atoms with Crippen molar-refractivity contribution in [2.24, 2.45) is 17.4 Å². The average molecular weight is 301 g/mol. The normalized spacial score (nSPS) is 14.5. The Morgan fingerprint density at radius 1 is 1.10 bits per heavy atom. The van der Waals surface area contributed by atoms with E-state index in [1.807, 2.05) is 0 Å². The van der Waals surface area contributed by atoms with E-state index in [4.69, 9.17) is 16.2 Å². The molecule has 7 heteroatoms. The monoisotopic (exact) mass is 301 g/mol. The van der Waals surface area contributed by atoms with Crippen molar-refractivity contribution < 1.29 is 19.1 Å². The Morgan fingerprint density at radius 2 is 1.57 bits per heavy atom. The first kappa shape index (κ1) is 19.2. The van der Waals surface area contributed by atoms with Crippen LogP contribution in [-0.2, 0) is 14.3 Å². The molecule has 21 heavy (non-hydrogen) atoms. The van der Waals surface area contributed by atoms with Gasteiger partial charge in [0, 0.05) is 17.9 Å². The number of carbonyl (C=O) groups is 3. The highest BCUT2D eigenvalue weighted by atomic mass is 16.6. The fourth-order valence-electron chi connectivity index (χ4n) is 1.43. The number of nitrogens with one attached hydrogen (secondary N) is 1. The number of alkyl carbamates (subject to hydrolysis) is 1. The van der Waals surface area contributed by atoms with E-state index >= 15 is 0 Å². The van der Waals surface area contributed by atoms with Crippen LogP contribution >= 0.6 is 0 Å². The number of hydrogen-bond acceptors (Lipinski definition) is 4. The van der Waals surface area contributed by atoms with Gasteiger partial charge in [-0.05, 0) is 47.5 Å². The largest absolute Gasteiger partial charge is 0.444 e. The van der Waals surface area contributed by atoms with Gasteiger partial charge in [-0.25, -0.2) is 4.79 Å². The van der Waals surface area contributed by atoms with Gasteiger partial charge in [0.2, 0.25) is 11.8 Å². The van der Waals surface area contributed by atoms with Gasteiger partial charge in [-0.3, -0.25) is 9.59 Å². The highest BCUT2D eigenvalue weighted by Crippen LogP contribution is 2.27. The molecule has 0 heterocycles. The number of hydrogen-bond donors (Lipinski definition) is 3. The molecule has 0 aromatic carbocycles. The molecule has 5 N–H and O–H groups in total. The van der Waals surface area contributed by atoms with Gasteiger partial charge >= 0.3 is 6.09 Å². The standard InChI is InChI=1S/C10H20N2O3.C4H7NO/c1-9(2,3)15-8(14)12-10(4,5)6-7(11)13;5-4(6)3-1-2-3/h6H2,1-5H3,(H2,11,13)(H,12,14);3H,1-2H2,(H2,5,6). The first-order valence-electron chi connectivity index (χ1n) is 6.91. The molecule has 0 aliphatic heterocycles. The number of carbonyl (C=O) groups excluding carboxylic acids is 3. The van der Waals surface area contributed by atoms with Crippen molar-refractivity contribution >= 4 is 17.9 Å². The zero-order chi connectivity index (χ0) is 16.8. The quantitative estimate of drug-likeness (QED) is 0.717. The maximum absolute atomic E-state index is 11.4. The van der Waals surface area contributed by atoms with Crippen LogP contribution in [0.25, 0.3) is 0 Å². The third-order valence-corrected chi connectivity index (χ3v) is 2.44. The van der Waals surface area contributed by atoms with Crippen LogP contribution in [0.1, 0.15) is 53.9 Å². The second kappa shape index (κ2) is 7.28. The Labute approximate surface area is 125 Å². The van der Waals surface area contributed by atoms with Crippen LogP contribution in [0.15, 0.2) is 0 Å². The number of ether oxygens (including phenoxy) is 1. The van der Waals surface area contributed by atoms with Crippen LogP contribution in [0.5, 0.6) is 0 Å². The molecule has 0 saturated heterocycles. The molecule has 122 valence electrons. The van der Waals surface area contributed by atoms with Crippen LogP contribution in [-0.4, -0.2) is 29.0 Å². The predicted octanol–water partition coefficient (Wildman–Crippen LogP) is 1.05. The summed E-state index contributed by atoms with van der Waals surface area (Å²) in [5.41, 5.74) is 8.67. The SMILES string of the molecule is CC(C)(CC(N)=O)NC(=O)OC(C)(C)C.NC(=O)C1CC1. The Kier molecular flexibility index (Phi) is 6.66. The van der Waals surface area contributed by atoms with Gasteiger partial charge in [0.25, 0.3) is 0 Å². The summed E-state index contributed by atoms with van der Waals surface area (Å²) in [5, 5.41) is 2.58. The van der Waals surface area contributed by atoms with E-state index in [9.17, 15) is 14.4 Å². The molecule has 0 bridgehead atoms. The summed E-state index contributed by atoms with van der Waals surface area (Å²) >= 11 is 0. The molecule has 0 aromatic heterocycles. The predicted molar refractivity (Wildman–Crippen MR) is 79.2 cm³/mol. The molecule has 1 aliphatic carbocycles. The van der Waals surface area contributed by atoms with Gasteiger partial charge in [0.15, 0.2) is 0 Å².